The Hall–Kier alpha value is -1.39. The zero-order valence-electron chi connectivity index (χ0n) is 15.3. The molecule has 2 aliphatic rings. The lowest BCUT2D eigenvalue weighted by Gasteiger charge is -2.30. The van der Waals surface area contributed by atoms with E-state index in [0.717, 1.165) is 31.3 Å². The molecular weight excluding hydrogens is 445 g/mol. The number of fused-ring (bicyclic) bond motifs is 1. The molecule has 1 fully saturated rings. The highest BCUT2D eigenvalue weighted by molar-refractivity contribution is 14.0. The Labute approximate surface area is 172 Å². The molecule has 26 heavy (non-hydrogen) atoms. The standard InChI is InChI=1S/C18H27N5O2.HI/c1-19-18(21-11-14-12-23(2)7-8-25-14)20-10-13-9-17(24)22-16-6-4-3-5-15(13)16;/h3-6,13-14H,7-12H2,1-2H3,(H,22,24)(H2,19,20,21);1H. The zero-order chi connectivity index (χ0) is 17.6. The van der Waals surface area contributed by atoms with Gasteiger partial charge < -0.3 is 25.6 Å². The van der Waals surface area contributed by atoms with E-state index in [1.807, 2.05) is 18.2 Å². The molecule has 1 amide bonds. The van der Waals surface area contributed by atoms with Crippen LogP contribution in [0, 0.1) is 0 Å². The van der Waals surface area contributed by atoms with Gasteiger partial charge in [0.1, 0.15) is 0 Å². The summed E-state index contributed by atoms with van der Waals surface area (Å²) in [4.78, 5) is 18.5. The first-order valence-corrected chi connectivity index (χ1v) is 8.79. The topological polar surface area (TPSA) is 78.0 Å². The first kappa shape index (κ1) is 20.9. The quantitative estimate of drug-likeness (QED) is 0.349. The normalized spacial score (nSPS) is 23.5. The number of nitrogens with zero attached hydrogens (tertiary/aromatic N) is 2. The molecule has 1 aromatic rings. The van der Waals surface area contributed by atoms with Gasteiger partial charge in [-0.05, 0) is 18.7 Å². The average Bonchev–Trinajstić information content (AvgIpc) is 2.61. The smallest absolute Gasteiger partial charge is 0.225 e. The van der Waals surface area contributed by atoms with Crippen molar-refractivity contribution in [1.29, 1.82) is 0 Å². The lowest BCUT2D eigenvalue weighted by molar-refractivity contribution is -0.116. The third kappa shape index (κ3) is 5.55. The van der Waals surface area contributed by atoms with Crippen LogP contribution in [0.2, 0.25) is 0 Å². The Morgan fingerprint density at radius 2 is 2.12 bits per heavy atom. The third-order valence-corrected chi connectivity index (χ3v) is 4.69. The molecule has 3 rings (SSSR count). The minimum absolute atomic E-state index is 0. The second kappa shape index (κ2) is 10.1. The van der Waals surface area contributed by atoms with Gasteiger partial charge >= 0.3 is 0 Å². The minimum atomic E-state index is 0. The van der Waals surface area contributed by atoms with Gasteiger partial charge in [0.2, 0.25) is 5.91 Å². The number of hydrogen-bond acceptors (Lipinski definition) is 4. The molecule has 2 heterocycles. The number of carbonyl (C=O) groups excluding carboxylic acids is 1. The van der Waals surface area contributed by atoms with Gasteiger partial charge in [-0.2, -0.15) is 0 Å². The van der Waals surface area contributed by atoms with E-state index in [0.29, 0.717) is 19.5 Å². The van der Waals surface area contributed by atoms with Crippen LogP contribution in [0.1, 0.15) is 17.9 Å². The van der Waals surface area contributed by atoms with E-state index in [1.54, 1.807) is 7.05 Å². The average molecular weight is 473 g/mol. The Kier molecular flexibility index (Phi) is 8.11. The molecule has 144 valence electrons. The van der Waals surface area contributed by atoms with Gasteiger partial charge in [0, 0.05) is 51.3 Å². The fraction of sp³-hybridized carbons (Fsp3) is 0.556. The van der Waals surface area contributed by atoms with Gasteiger partial charge in [-0.25, -0.2) is 0 Å². The van der Waals surface area contributed by atoms with Crippen molar-refractivity contribution in [2.24, 2.45) is 4.99 Å². The number of anilines is 1. The number of benzene rings is 1. The molecule has 0 spiro atoms. The molecule has 2 atom stereocenters. The van der Waals surface area contributed by atoms with Crippen molar-refractivity contribution in [3.05, 3.63) is 29.8 Å². The summed E-state index contributed by atoms with van der Waals surface area (Å²) in [6.07, 6.45) is 0.649. The Morgan fingerprint density at radius 1 is 1.35 bits per heavy atom. The maximum absolute atomic E-state index is 11.9. The molecule has 2 aliphatic heterocycles. The highest BCUT2D eigenvalue weighted by atomic mass is 127. The Bertz CT molecular complexity index is 640. The minimum Gasteiger partial charge on any atom is -0.374 e. The summed E-state index contributed by atoms with van der Waals surface area (Å²) in [5, 5.41) is 9.59. The number of ether oxygens (including phenoxy) is 1. The molecule has 0 bridgehead atoms. The largest absolute Gasteiger partial charge is 0.374 e. The number of guanidine groups is 1. The number of morpholine rings is 1. The summed E-state index contributed by atoms with van der Waals surface area (Å²) < 4.78 is 5.76. The number of para-hydroxylation sites is 1. The van der Waals surface area contributed by atoms with E-state index in [1.165, 1.54) is 5.56 Å². The highest BCUT2D eigenvalue weighted by Gasteiger charge is 2.25. The third-order valence-electron chi connectivity index (χ3n) is 4.69. The maximum Gasteiger partial charge on any atom is 0.225 e. The summed E-state index contributed by atoms with van der Waals surface area (Å²) in [7, 11) is 3.86. The molecule has 0 radical (unpaired) electrons. The molecule has 2 unspecified atom stereocenters. The molecule has 1 aromatic carbocycles. The molecule has 1 saturated heterocycles. The molecule has 8 heteroatoms. The van der Waals surface area contributed by atoms with Crippen LogP contribution in [-0.2, 0) is 9.53 Å². The van der Waals surface area contributed by atoms with E-state index < -0.39 is 0 Å². The van der Waals surface area contributed by atoms with Gasteiger partial charge in [0.25, 0.3) is 0 Å². The van der Waals surface area contributed by atoms with Crippen molar-refractivity contribution < 1.29 is 9.53 Å². The maximum atomic E-state index is 11.9. The van der Waals surface area contributed by atoms with Gasteiger partial charge in [-0.15, -0.1) is 24.0 Å². The molecular formula is C18H28IN5O2. The number of carbonyl (C=O) groups is 1. The van der Waals surface area contributed by atoms with E-state index in [9.17, 15) is 4.79 Å². The molecule has 0 aromatic heterocycles. The Morgan fingerprint density at radius 3 is 2.88 bits per heavy atom. The van der Waals surface area contributed by atoms with Crippen LogP contribution in [0.15, 0.2) is 29.3 Å². The molecule has 3 N–H and O–H groups in total. The monoisotopic (exact) mass is 473 g/mol. The van der Waals surface area contributed by atoms with Crippen molar-refractivity contribution in [1.82, 2.24) is 15.5 Å². The van der Waals surface area contributed by atoms with Crippen LogP contribution in [0.5, 0.6) is 0 Å². The number of halogens is 1. The number of hydrogen-bond donors (Lipinski definition) is 3. The molecule has 0 aliphatic carbocycles. The lowest BCUT2D eigenvalue weighted by atomic mass is 9.90. The summed E-state index contributed by atoms with van der Waals surface area (Å²) in [6.45, 7) is 4.04. The zero-order valence-corrected chi connectivity index (χ0v) is 17.7. The SMILES string of the molecule is CN=C(NCC1CN(C)CCO1)NCC1CC(=O)Nc2ccccc21.I. The van der Waals surface area contributed by atoms with Gasteiger partial charge in [-0.1, -0.05) is 18.2 Å². The highest BCUT2D eigenvalue weighted by Crippen LogP contribution is 2.31. The predicted molar refractivity (Wildman–Crippen MR) is 114 cm³/mol. The fourth-order valence-corrected chi connectivity index (χ4v) is 3.33. The second-order valence-corrected chi connectivity index (χ2v) is 6.63. The van der Waals surface area contributed by atoms with Crippen LogP contribution in [0.25, 0.3) is 0 Å². The number of rotatable bonds is 4. The van der Waals surface area contributed by atoms with E-state index in [-0.39, 0.29) is 41.9 Å². The van der Waals surface area contributed by atoms with Crippen molar-refractivity contribution in [3.63, 3.8) is 0 Å². The Balaban J connectivity index is 0.00000243. The predicted octanol–water partition coefficient (Wildman–Crippen LogP) is 1.23. The number of nitrogens with one attached hydrogen (secondary N) is 3. The van der Waals surface area contributed by atoms with Crippen LogP contribution < -0.4 is 16.0 Å². The van der Waals surface area contributed by atoms with Crippen molar-refractivity contribution in [3.8, 4) is 0 Å². The first-order valence-electron chi connectivity index (χ1n) is 8.79. The van der Waals surface area contributed by atoms with Crippen molar-refractivity contribution >= 4 is 41.5 Å². The van der Waals surface area contributed by atoms with Gasteiger partial charge in [-0.3, -0.25) is 9.79 Å². The number of amides is 1. The van der Waals surface area contributed by atoms with Crippen molar-refractivity contribution in [2.75, 3.05) is 52.2 Å². The summed E-state index contributed by atoms with van der Waals surface area (Å²) in [6, 6.07) is 7.97. The number of aliphatic imine (C=N–C) groups is 1. The van der Waals surface area contributed by atoms with Crippen LogP contribution >= 0.6 is 24.0 Å². The summed E-state index contributed by atoms with van der Waals surface area (Å²) >= 11 is 0. The number of likely N-dealkylation sites (N-methyl/N-ethyl adjacent to an activating group) is 1. The second-order valence-electron chi connectivity index (χ2n) is 6.63. The lowest BCUT2D eigenvalue weighted by Crippen LogP contribution is -2.49. The fourth-order valence-electron chi connectivity index (χ4n) is 3.33. The van der Waals surface area contributed by atoms with Crippen LogP contribution in [0.3, 0.4) is 0 Å². The molecule has 0 saturated carbocycles. The summed E-state index contributed by atoms with van der Waals surface area (Å²) in [5.41, 5.74) is 2.08. The first-order chi connectivity index (χ1) is 12.2. The van der Waals surface area contributed by atoms with Gasteiger partial charge in [0.15, 0.2) is 5.96 Å². The van der Waals surface area contributed by atoms with Crippen LogP contribution in [0.4, 0.5) is 5.69 Å². The van der Waals surface area contributed by atoms with E-state index in [2.05, 4.69) is 39.0 Å². The van der Waals surface area contributed by atoms with Crippen molar-refractivity contribution in [2.45, 2.75) is 18.4 Å². The van der Waals surface area contributed by atoms with Crippen LogP contribution in [-0.4, -0.2) is 69.8 Å². The van der Waals surface area contributed by atoms with E-state index in [4.69, 9.17) is 4.74 Å². The van der Waals surface area contributed by atoms with E-state index >= 15 is 0 Å². The molecule has 7 nitrogen and oxygen atoms in total. The summed E-state index contributed by atoms with van der Waals surface area (Å²) in [5.74, 6) is 0.938. The van der Waals surface area contributed by atoms with Gasteiger partial charge in [0.05, 0.1) is 12.7 Å².